The minimum Gasteiger partial charge on any atom is -0.383 e. The molecule has 1 aliphatic rings. The van der Waals surface area contributed by atoms with Crippen LogP contribution in [0.25, 0.3) is 0 Å². The summed E-state index contributed by atoms with van der Waals surface area (Å²) in [6.45, 7) is 1.72. The predicted molar refractivity (Wildman–Crippen MR) is 50.6 cm³/mol. The monoisotopic (exact) mass is 166 g/mol. The Bertz CT molecular complexity index is 184. The van der Waals surface area contributed by atoms with Crippen LogP contribution in [0.2, 0.25) is 0 Å². The fourth-order valence-corrected chi connectivity index (χ4v) is 1.12. The highest BCUT2D eigenvalue weighted by atomic mass is 16.5. The second kappa shape index (κ2) is 4.99. The summed E-state index contributed by atoms with van der Waals surface area (Å²) in [7, 11) is 3.80. The molecule has 2 nitrogen and oxygen atoms in total. The van der Waals surface area contributed by atoms with Gasteiger partial charge in [-0.15, -0.1) is 0 Å². The maximum absolute atomic E-state index is 5.00. The molecule has 0 spiro atoms. The second-order valence-corrected chi connectivity index (χ2v) is 2.88. The van der Waals surface area contributed by atoms with Crippen molar-refractivity contribution in [2.24, 2.45) is 0 Å². The maximum atomic E-state index is 5.00. The fourth-order valence-electron chi connectivity index (χ4n) is 1.12. The quantitative estimate of drug-likeness (QED) is 0.629. The SMILES string of the molecule is COCCN(C)C1=C[CH]CC=C1. The molecule has 2 heteroatoms. The molecule has 0 saturated carbocycles. The van der Waals surface area contributed by atoms with Crippen LogP contribution in [0.4, 0.5) is 0 Å². The summed E-state index contributed by atoms with van der Waals surface area (Å²) in [6, 6.07) is 0. The summed E-state index contributed by atoms with van der Waals surface area (Å²) in [5.74, 6) is 0. The third-order valence-corrected chi connectivity index (χ3v) is 1.92. The third kappa shape index (κ3) is 2.70. The Balaban J connectivity index is 2.35. The van der Waals surface area contributed by atoms with E-state index in [4.69, 9.17) is 4.74 Å². The molecule has 0 atom stereocenters. The largest absolute Gasteiger partial charge is 0.383 e. The van der Waals surface area contributed by atoms with Crippen LogP contribution in [0, 0.1) is 6.42 Å². The Morgan fingerprint density at radius 1 is 1.58 bits per heavy atom. The number of rotatable bonds is 4. The van der Waals surface area contributed by atoms with E-state index >= 15 is 0 Å². The van der Waals surface area contributed by atoms with E-state index in [2.05, 4.69) is 36.6 Å². The first-order valence-electron chi connectivity index (χ1n) is 4.24. The highest BCUT2D eigenvalue weighted by Crippen LogP contribution is 2.11. The lowest BCUT2D eigenvalue weighted by Gasteiger charge is -2.21. The Kier molecular flexibility index (Phi) is 3.88. The van der Waals surface area contributed by atoms with Crippen LogP contribution in [0.1, 0.15) is 6.42 Å². The molecule has 1 rings (SSSR count). The number of methoxy groups -OCH3 is 1. The molecule has 0 fully saturated rings. The van der Waals surface area contributed by atoms with Crippen LogP contribution in [0.3, 0.4) is 0 Å². The summed E-state index contributed by atoms with van der Waals surface area (Å²) in [6.07, 6.45) is 9.68. The van der Waals surface area contributed by atoms with Crippen molar-refractivity contribution in [3.8, 4) is 0 Å². The topological polar surface area (TPSA) is 12.5 Å². The first-order valence-corrected chi connectivity index (χ1v) is 4.24. The molecule has 0 aromatic heterocycles. The Morgan fingerprint density at radius 2 is 2.42 bits per heavy atom. The van der Waals surface area contributed by atoms with Gasteiger partial charge in [0.2, 0.25) is 0 Å². The second-order valence-electron chi connectivity index (χ2n) is 2.88. The van der Waals surface area contributed by atoms with Crippen LogP contribution in [0.15, 0.2) is 23.9 Å². The molecule has 1 radical (unpaired) electrons. The van der Waals surface area contributed by atoms with Crippen LogP contribution >= 0.6 is 0 Å². The lowest BCUT2D eigenvalue weighted by atomic mass is 10.1. The van der Waals surface area contributed by atoms with Crippen molar-refractivity contribution in [2.75, 3.05) is 27.3 Å². The van der Waals surface area contributed by atoms with E-state index in [1.807, 2.05) is 0 Å². The molecule has 0 aliphatic heterocycles. The lowest BCUT2D eigenvalue weighted by molar-refractivity contribution is 0.175. The van der Waals surface area contributed by atoms with Crippen LogP contribution in [-0.2, 0) is 4.74 Å². The number of hydrogen-bond donors (Lipinski definition) is 0. The predicted octanol–water partition coefficient (Wildman–Crippen LogP) is 1.61. The summed E-state index contributed by atoms with van der Waals surface area (Å²) >= 11 is 0. The number of likely N-dealkylation sites (N-methyl/N-ethyl adjacent to an activating group) is 1. The van der Waals surface area contributed by atoms with Crippen molar-refractivity contribution in [3.05, 3.63) is 30.3 Å². The third-order valence-electron chi connectivity index (χ3n) is 1.92. The normalized spacial score (nSPS) is 16.0. The molecule has 1 aliphatic carbocycles. The van der Waals surface area contributed by atoms with Crippen molar-refractivity contribution in [2.45, 2.75) is 6.42 Å². The van der Waals surface area contributed by atoms with E-state index in [9.17, 15) is 0 Å². The first kappa shape index (κ1) is 9.33. The van der Waals surface area contributed by atoms with Gasteiger partial charge in [-0.1, -0.05) is 12.2 Å². The Morgan fingerprint density at radius 3 is 3.00 bits per heavy atom. The van der Waals surface area contributed by atoms with Crippen molar-refractivity contribution >= 4 is 0 Å². The van der Waals surface area contributed by atoms with Crippen molar-refractivity contribution in [1.29, 1.82) is 0 Å². The summed E-state index contributed by atoms with van der Waals surface area (Å²) in [5, 5.41) is 0. The van der Waals surface area contributed by atoms with Gasteiger partial charge in [0.05, 0.1) is 6.61 Å². The van der Waals surface area contributed by atoms with E-state index in [1.165, 1.54) is 5.70 Å². The summed E-state index contributed by atoms with van der Waals surface area (Å²) in [4.78, 5) is 2.19. The van der Waals surface area contributed by atoms with Gasteiger partial charge in [0, 0.05) is 26.4 Å². The van der Waals surface area contributed by atoms with Crippen LogP contribution in [0.5, 0.6) is 0 Å². The standard InChI is InChI=1S/C10H16NO/c1-11(8-9-12-2)10-6-4-3-5-7-10/h4-7H,3,8-9H2,1-2H3. The lowest BCUT2D eigenvalue weighted by Crippen LogP contribution is -2.21. The Hall–Kier alpha value is -0.760. The van der Waals surface area contributed by atoms with Gasteiger partial charge in [0.15, 0.2) is 0 Å². The molecule has 0 saturated heterocycles. The number of nitrogens with zero attached hydrogens (tertiary/aromatic N) is 1. The molecule has 0 N–H and O–H groups in total. The number of ether oxygens (including phenoxy) is 1. The van der Waals surface area contributed by atoms with Gasteiger partial charge < -0.3 is 9.64 Å². The van der Waals surface area contributed by atoms with Crippen molar-refractivity contribution < 1.29 is 4.74 Å². The summed E-state index contributed by atoms with van der Waals surface area (Å²) < 4.78 is 5.00. The number of allylic oxidation sites excluding steroid dienone is 3. The van der Waals surface area contributed by atoms with Gasteiger partial charge in [0.25, 0.3) is 0 Å². The molecule has 0 aromatic carbocycles. The first-order chi connectivity index (χ1) is 5.84. The fraction of sp³-hybridized carbons (Fsp3) is 0.500. The number of hydrogen-bond acceptors (Lipinski definition) is 2. The van der Waals surface area contributed by atoms with E-state index in [0.29, 0.717) is 0 Å². The molecule has 0 aromatic rings. The maximum Gasteiger partial charge on any atom is 0.0637 e. The van der Waals surface area contributed by atoms with Gasteiger partial charge in [-0.05, 0) is 18.9 Å². The van der Waals surface area contributed by atoms with E-state index in [-0.39, 0.29) is 0 Å². The summed E-state index contributed by atoms with van der Waals surface area (Å²) in [5.41, 5.74) is 1.26. The van der Waals surface area contributed by atoms with E-state index in [0.717, 1.165) is 19.6 Å². The molecule has 0 unspecified atom stereocenters. The highest BCUT2D eigenvalue weighted by Gasteiger charge is 2.02. The van der Waals surface area contributed by atoms with E-state index in [1.54, 1.807) is 7.11 Å². The highest BCUT2D eigenvalue weighted by molar-refractivity contribution is 5.25. The molecule has 0 heterocycles. The molecule has 0 amide bonds. The van der Waals surface area contributed by atoms with Crippen LogP contribution < -0.4 is 0 Å². The molecular formula is C10H16NO. The average Bonchev–Trinajstić information content (AvgIpc) is 2.15. The molecular weight excluding hydrogens is 150 g/mol. The molecule has 0 bridgehead atoms. The van der Waals surface area contributed by atoms with Gasteiger partial charge >= 0.3 is 0 Å². The van der Waals surface area contributed by atoms with Crippen molar-refractivity contribution in [1.82, 2.24) is 4.90 Å². The zero-order valence-corrected chi connectivity index (χ0v) is 7.79. The zero-order valence-electron chi connectivity index (χ0n) is 7.79. The smallest absolute Gasteiger partial charge is 0.0637 e. The molecule has 12 heavy (non-hydrogen) atoms. The minimum atomic E-state index is 0.779. The van der Waals surface area contributed by atoms with Crippen LogP contribution in [-0.4, -0.2) is 32.2 Å². The van der Waals surface area contributed by atoms with Crippen molar-refractivity contribution in [3.63, 3.8) is 0 Å². The van der Waals surface area contributed by atoms with Gasteiger partial charge in [-0.25, -0.2) is 0 Å². The minimum absolute atomic E-state index is 0.779. The van der Waals surface area contributed by atoms with Gasteiger partial charge in [0.1, 0.15) is 0 Å². The Labute approximate surface area is 74.5 Å². The molecule has 67 valence electrons. The zero-order chi connectivity index (χ0) is 8.81. The van der Waals surface area contributed by atoms with Gasteiger partial charge in [-0.2, -0.15) is 0 Å². The van der Waals surface area contributed by atoms with Gasteiger partial charge in [-0.3, -0.25) is 0 Å². The average molecular weight is 166 g/mol. The van der Waals surface area contributed by atoms with E-state index < -0.39 is 0 Å².